The number of sulfonamides is 1. The highest BCUT2D eigenvalue weighted by Gasteiger charge is 2.14. The molecule has 0 amide bonds. The number of benzene rings is 2. The smallest absolute Gasteiger partial charge is 0.236 e. The van der Waals surface area contributed by atoms with Crippen LogP contribution in [0.25, 0.3) is 10.2 Å². The summed E-state index contributed by atoms with van der Waals surface area (Å²) >= 11 is 9.14. The third-order valence-corrected chi connectivity index (χ3v) is 6.73. The highest BCUT2D eigenvalue weighted by molar-refractivity contribution is 8.00. The lowest BCUT2D eigenvalue weighted by atomic mass is 10.2. The predicted molar refractivity (Wildman–Crippen MR) is 99.1 cm³/mol. The summed E-state index contributed by atoms with van der Waals surface area (Å²) in [6.07, 6.45) is 1.96. The Hall–Kier alpha value is -1.28. The van der Waals surface area contributed by atoms with Gasteiger partial charge in [-0.2, -0.15) is 0 Å². The first-order valence-electron chi connectivity index (χ1n) is 6.65. The second kappa shape index (κ2) is 6.68. The molecule has 0 fully saturated rings. The molecule has 0 radical (unpaired) electrons. The number of thioether (sulfide) groups is 1. The van der Waals surface area contributed by atoms with Crippen molar-refractivity contribution in [3.05, 3.63) is 53.1 Å². The van der Waals surface area contributed by atoms with Crippen LogP contribution in [0.1, 0.15) is 5.56 Å². The van der Waals surface area contributed by atoms with E-state index in [1.807, 2.05) is 12.3 Å². The molecule has 1 heterocycles. The first-order valence-corrected chi connectivity index (χ1v) is 10.7. The van der Waals surface area contributed by atoms with Crippen molar-refractivity contribution in [2.75, 3.05) is 11.0 Å². The van der Waals surface area contributed by atoms with E-state index >= 15 is 0 Å². The zero-order chi connectivity index (χ0) is 16.4. The Morgan fingerprint density at radius 3 is 2.78 bits per heavy atom. The maximum atomic E-state index is 12.3. The highest BCUT2D eigenvalue weighted by Crippen LogP contribution is 2.30. The van der Waals surface area contributed by atoms with Gasteiger partial charge in [-0.1, -0.05) is 41.6 Å². The summed E-state index contributed by atoms with van der Waals surface area (Å²) in [5.74, 6) is -0.163. The fourth-order valence-corrected chi connectivity index (χ4v) is 5.12. The van der Waals surface area contributed by atoms with Gasteiger partial charge in [0.05, 0.1) is 21.7 Å². The van der Waals surface area contributed by atoms with Gasteiger partial charge in [-0.05, 0) is 36.1 Å². The summed E-state index contributed by atoms with van der Waals surface area (Å²) in [5, 5.41) is 0.445. The van der Waals surface area contributed by atoms with Gasteiger partial charge in [-0.15, -0.1) is 11.3 Å². The van der Waals surface area contributed by atoms with Crippen LogP contribution in [0.15, 0.2) is 46.8 Å². The van der Waals surface area contributed by atoms with Crippen molar-refractivity contribution >= 4 is 60.6 Å². The molecule has 3 aromatic rings. The van der Waals surface area contributed by atoms with Crippen molar-refractivity contribution in [3.8, 4) is 0 Å². The van der Waals surface area contributed by atoms with Crippen LogP contribution in [0, 0.1) is 0 Å². The van der Waals surface area contributed by atoms with Crippen molar-refractivity contribution < 1.29 is 8.42 Å². The lowest BCUT2D eigenvalue weighted by Crippen LogP contribution is -2.15. The van der Waals surface area contributed by atoms with Gasteiger partial charge < -0.3 is 0 Å². The van der Waals surface area contributed by atoms with E-state index in [1.165, 1.54) is 11.3 Å². The van der Waals surface area contributed by atoms with Crippen LogP contribution in [-0.2, 0) is 15.8 Å². The summed E-state index contributed by atoms with van der Waals surface area (Å²) in [7, 11) is -3.53. The first kappa shape index (κ1) is 16.6. The quantitative estimate of drug-likeness (QED) is 0.652. The summed E-state index contributed by atoms with van der Waals surface area (Å²) < 4.78 is 29.2. The van der Waals surface area contributed by atoms with Gasteiger partial charge in [0.15, 0.2) is 4.34 Å². The zero-order valence-electron chi connectivity index (χ0n) is 12.1. The molecule has 0 unspecified atom stereocenters. The summed E-state index contributed by atoms with van der Waals surface area (Å²) in [6.45, 7) is 0. The van der Waals surface area contributed by atoms with E-state index in [0.717, 1.165) is 14.6 Å². The molecule has 0 saturated heterocycles. The van der Waals surface area contributed by atoms with Crippen molar-refractivity contribution in [1.29, 1.82) is 0 Å². The number of fused-ring (bicyclic) bond motifs is 1. The van der Waals surface area contributed by atoms with Crippen LogP contribution in [0.3, 0.4) is 0 Å². The van der Waals surface area contributed by atoms with E-state index in [9.17, 15) is 8.42 Å². The average Bonchev–Trinajstić information content (AvgIpc) is 2.91. The van der Waals surface area contributed by atoms with Crippen LogP contribution in [0.4, 0.5) is 5.69 Å². The number of hydrogen-bond acceptors (Lipinski definition) is 5. The second-order valence-corrected chi connectivity index (χ2v) is 9.03. The van der Waals surface area contributed by atoms with Crippen LogP contribution < -0.4 is 4.72 Å². The number of rotatable bonds is 5. The molecule has 0 aliphatic heterocycles. The van der Waals surface area contributed by atoms with E-state index in [-0.39, 0.29) is 5.75 Å². The lowest BCUT2D eigenvalue weighted by molar-refractivity contribution is 0.600. The van der Waals surface area contributed by atoms with E-state index in [4.69, 9.17) is 11.6 Å². The normalized spacial score (nSPS) is 11.7. The third-order valence-electron chi connectivity index (χ3n) is 3.12. The fraction of sp³-hybridized carbons (Fsp3) is 0.133. The van der Waals surface area contributed by atoms with Gasteiger partial charge in [0, 0.05) is 5.02 Å². The van der Waals surface area contributed by atoms with Crippen LogP contribution in [0.2, 0.25) is 5.02 Å². The predicted octanol–water partition coefficient (Wildman–Crippen LogP) is 4.61. The van der Waals surface area contributed by atoms with Crippen LogP contribution in [0.5, 0.6) is 0 Å². The second-order valence-electron chi connectivity index (χ2n) is 4.82. The minimum absolute atomic E-state index is 0.163. The summed E-state index contributed by atoms with van der Waals surface area (Å²) in [6, 6.07) is 12.3. The number of anilines is 1. The SMILES string of the molecule is CSc1nc2ccc(NS(=O)(=O)Cc3ccccc3Cl)cc2s1. The largest absolute Gasteiger partial charge is 0.283 e. The first-order chi connectivity index (χ1) is 11.0. The molecule has 0 bridgehead atoms. The average molecular weight is 385 g/mol. The Labute approximate surface area is 147 Å². The van der Waals surface area contributed by atoms with Crippen LogP contribution >= 0.6 is 34.7 Å². The number of thiazole rings is 1. The minimum atomic E-state index is -3.53. The molecule has 3 rings (SSSR count). The Balaban J connectivity index is 1.84. The molecule has 120 valence electrons. The molecule has 0 aliphatic rings. The van der Waals surface area contributed by atoms with Crippen molar-refractivity contribution in [2.24, 2.45) is 0 Å². The molecule has 4 nitrogen and oxygen atoms in total. The molecule has 2 aromatic carbocycles. The van der Waals surface area contributed by atoms with Crippen molar-refractivity contribution in [2.45, 2.75) is 10.1 Å². The number of nitrogens with one attached hydrogen (secondary N) is 1. The van der Waals surface area contributed by atoms with Crippen molar-refractivity contribution in [3.63, 3.8) is 0 Å². The van der Waals surface area contributed by atoms with Gasteiger partial charge in [-0.25, -0.2) is 13.4 Å². The molecule has 0 aliphatic carbocycles. The van der Waals surface area contributed by atoms with E-state index < -0.39 is 10.0 Å². The lowest BCUT2D eigenvalue weighted by Gasteiger charge is -2.09. The Kier molecular flexibility index (Phi) is 4.82. The van der Waals surface area contributed by atoms with Gasteiger partial charge >= 0.3 is 0 Å². The van der Waals surface area contributed by atoms with Crippen LogP contribution in [-0.4, -0.2) is 19.7 Å². The molecular formula is C15H13ClN2O2S3. The maximum Gasteiger partial charge on any atom is 0.236 e. The van der Waals surface area contributed by atoms with Crippen molar-refractivity contribution in [1.82, 2.24) is 4.98 Å². The molecular weight excluding hydrogens is 372 g/mol. The minimum Gasteiger partial charge on any atom is -0.283 e. The van der Waals surface area contributed by atoms with Gasteiger partial charge in [0.25, 0.3) is 0 Å². The third kappa shape index (κ3) is 3.98. The fourth-order valence-electron chi connectivity index (χ4n) is 2.09. The Morgan fingerprint density at radius 2 is 2.04 bits per heavy atom. The molecule has 1 aromatic heterocycles. The Bertz CT molecular complexity index is 954. The van der Waals surface area contributed by atoms with E-state index in [1.54, 1.807) is 48.2 Å². The molecule has 23 heavy (non-hydrogen) atoms. The number of nitrogens with zero attached hydrogens (tertiary/aromatic N) is 1. The molecule has 0 saturated carbocycles. The van der Waals surface area contributed by atoms with E-state index in [2.05, 4.69) is 9.71 Å². The molecule has 1 N–H and O–H groups in total. The molecule has 0 atom stereocenters. The molecule has 0 spiro atoms. The standard InChI is InChI=1S/C15H13ClN2O2S3/c1-21-15-17-13-7-6-11(8-14(13)22-15)18-23(19,20)9-10-4-2-3-5-12(10)16/h2-8,18H,9H2,1H3. The highest BCUT2D eigenvalue weighted by atomic mass is 35.5. The summed E-state index contributed by atoms with van der Waals surface area (Å²) in [4.78, 5) is 4.43. The number of aromatic nitrogens is 1. The van der Waals surface area contributed by atoms with Gasteiger partial charge in [0.2, 0.25) is 10.0 Å². The topological polar surface area (TPSA) is 59.1 Å². The maximum absolute atomic E-state index is 12.3. The molecule has 8 heteroatoms. The zero-order valence-corrected chi connectivity index (χ0v) is 15.3. The number of halogens is 1. The van der Waals surface area contributed by atoms with Gasteiger partial charge in [-0.3, -0.25) is 4.72 Å². The monoisotopic (exact) mass is 384 g/mol. The van der Waals surface area contributed by atoms with E-state index in [0.29, 0.717) is 16.3 Å². The summed E-state index contributed by atoms with van der Waals surface area (Å²) in [5.41, 5.74) is 1.97. The Morgan fingerprint density at radius 1 is 1.26 bits per heavy atom. The number of hydrogen-bond donors (Lipinski definition) is 1. The van der Waals surface area contributed by atoms with Gasteiger partial charge in [0.1, 0.15) is 0 Å².